The molecule has 16 heavy (non-hydrogen) atoms. The van der Waals surface area contributed by atoms with Crippen LogP contribution in [0.2, 0.25) is 0 Å². The van der Waals surface area contributed by atoms with Crippen LogP contribution in [0.15, 0.2) is 0 Å². The monoisotopic (exact) mass is 247 g/mol. The van der Waals surface area contributed by atoms with E-state index in [2.05, 4.69) is 18.7 Å². The van der Waals surface area contributed by atoms with Crippen LogP contribution in [-0.4, -0.2) is 56.2 Å². The van der Waals surface area contributed by atoms with E-state index in [0.717, 1.165) is 12.8 Å². The number of hydrogen-bond donors (Lipinski definition) is 0. The molecule has 0 aromatic carbocycles. The Bertz CT molecular complexity index is 319. The van der Waals surface area contributed by atoms with E-state index < -0.39 is 9.84 Å². The zero-order chi connectivity index (χ0) is 11.8. The molecule has 0 N–H and O–H groups in total. The molecule has 0 aromatic heterocycles. The van der Waals surface area contributed by atoms with Gasteiger partial charge in [-0.2, -0.15) is 0 Å². The lowest BCUT2D eigenvalue weighted by Crippen LogP contribution is -2.53. The predicted octanol–water partition coefficient (Wildman–Crippen LogP) is 0.673. The van der Waals surface area contributed by atoms with E-state index in [4.69, 9.17) is 4.74 Å². The second-order valence-corrected chi connectivity index (χ2v) is 7.42. The minimum Gasteiger partial charge on any atom is -0.375 e. The highest BCUT2D eigenvalue weighted by Crippen LogP contribution is 2.30. The van der Waals surface area contributed by atoms with Crippen LogP contribution in [0, 0.1) is 0 Å². The summed E-state index contributed by atoms with van der Waals surface area (Å²) in [6.07, 6.45) is 2.83. The van der Waals surface area contributed by atoms with Crippen molar-refractivity contribution in [1.82, 2.24) is 4.90 Å². The largest absolute Gasteiger partial charge is 0.375 e. The molecule has 5 heteroatoms. The topological polar surface area (TPSA) is 46.6 Å². The summed E-state index contributed by atoms with van der Waals surface area (Å²) in [6.45, 7) is 5.53. The van der Waals surface area contributed by atoms with Gasteiger partial charge in [0.2, 0.25) is 0 Å². The average molecular weight is 247 g/mol. The molecule has 4 nitrogen and oxygen atoms in total. The third kappa shape index (κ3) is 2.96. The van der Waals surface area contributed by atoms with E-state index in [1.807, 2.05) is 0 Å². The lowest BCUT2D eigenvalue weighted by molar-refractivity contribution is -0.0751. The molecule has 2 rings (SSSR count). The van der Waals surface area contributed by atoms with Crippen LogP contribution < -0.4 is 0 Å². The molecule has 0 atom stereocenters. The van der Waals surface area contributed by atoms with E-state index in [9.17, 15) is 8.42 Å². The maximum atomic E-state index is 11.3. The van der Waals surface area contributed by atoms with Crippen molar-refractivity contribution in [3.8, 4) is 0 Å². The second-order valence-electron chi connectivity index (χ2n) is 5.12. The number of rotatable bonds is 3. The summed E-state index contributed by atoms with van der Waals surface area (Å²) in [4.78, 5) is 2.31. The van der Waals surface area contributed by atoms with Crippen LogP contribution in [0.1, 0.15) is 26.7 Å². The Morgan fingerprint density at radius 1 is 1.19 bits per heavy atom. The molecule has 94 valence electrons. The first-order valence-electron chi connectivity index (χ1n) is 6.06. The van der Waals surface area contributed by atoms with Gasteiger partial charge in [0.25, 0.3) is 0 Å². The molecule has 0 spiro atoms. The molecule has 0 radical (unpaired) electrons. The number of nitrogens with zero attached hydrogens (tertiary/aromatic N) is 1. The Balaban J connectivity index is 1.73. The zero-order valence-corrected chi connectivity index (χ0v) is 10.9. The lowest BCUT2D eigenvalue weighted by Gasteiger charge is -2.44. The summed E-state index contributed by atoms with van der Waals surface area (Å²) < 4.78 is 28.3. The number of sulfone groups is 1. The molecular weight excluding hydrogens is 226 g/mol. The van der Waals surface area contributed by atoms with Gasteiger partial charge >= 0.3 is 0 Å². The van der Waals surface area contributed by atoms with Crippen molar-refractivity contribution in [2.45, 2.75) is 44.9 Å². The number of ether oxygens (including phenoxy) is 1. The molecule has 0 amide bonds. The van der Waals surface area contributed by atoms with Crippen LogP contribution in [0.25, 0.3) is 0 Å². The van der Waals surface area contributed by atoms with Crippen LogP contribution in [0.5, 0.6) is 0 Å². The highest BCUT2D eigenvalue weighted by Gasteiger charge is 2.36. The summed E-state index contributed by atoms with van der Waals surface area (Å²) >= 11 is 0. The van der Waals surface area contributed by atoms with Gasteiger partial charge in [0, 0.05) is 19.1 Å². The minimum atomic E-state index is -2.74. The summed E-state index contributed by atoms with van der Waals surface area (Å²) in [5.74, 6) is 0.665. The third-order valence-corrected chi connectivity index (χ3v) is 5.04. The highest BCUT2D eigenvalue weighted by molar-refractivity contribution is 7.91. The van der Waals surface area contributed by atoms with Gasteiger partial charge in [-0.05, 0) is 26.7 Å². The zero-order valence-electron chi connectivity index (χ0n) is 10.1. The van der Waals surface area contributed by atoms with E-state index in [-0.39, 0.29) is 0 Å². The standard InChI is InChI=1S/C11H21NO3S/c1-9(2)15-11-7-10(8-11)12-3-5-16(13,14)6-4-12/h9-11H,3-8H2,1-2H3. The molecule has 0 aromatic rings. The molecule has 1 heterocycles. The Kier molecular flexibility index (Phi) is 3.56. The fourth-order valence-corrected chi connectivity index (χ4v) is 3.65. The SMILES string of the molecule is CC(C)OC1CC(N2CCS(=O)(=O)CC2)C1. The van der Waals surface area contributed by atoms with Crippen molar-refractivity contribution < 1.29 is 13.2 Å². The molecule has 0 bridgehead atoms. The fourth-order valence-electron chi connectivity index (χ4n) is 2.42. The van der Waals surface area contributed by atoms with Gasteiger partial charge in [-0.25, -0.2) is 8.42 Å². The lowest BCUT2D eigenvalue weighted by atomic mass is 9.87. The van der Waals surface area contributed by atoms with Gasteiger partial charge in [0.15, 0.2) is 9.84 Å². The number of hydrogen-bond acceptors (Lipinski definition) is 4. The van der Waals surface area contributed by atoms with Crippen LogP contribution in [-0.2, 0) is 14.6 Å². The molecule has 1 saturated heterocycles. The Hall–Kier alpha value is -0.130. The van der Waals surface area contributed by atoms with E-state index >= 15 is 0 Å². The summed E-state index contributed by atoms with van der Waals surface area (Å²) in [5.41, 5.74) is 0. The van der Waals surface area contributed by atoms with Crippen molar-refractivity contribution in [3.05, 3.63) is 0 Å². The van der Waals surface area contributed by atoms with Crippen LogP contribution >= 0.6 is 0 Å². The van der Waals surface area contributed by atoms with E-state index in [1.54, 1.807) is 0 Å². The summed E-state index contributed by atoms with van der Waals surface area (Å²) in [5, 5.41) is 0. The van der Waals surface area contributed by atoms with Crippen molar-refractivity contribution in [2.75, 3.05) is 24.6 Å². The molecule has 2 aliphatic rings. The predicted molar refractivity (Wildman–Crippen MR) is 63.3 cm³/mol. The Morgan fingerprint density at radius 2 is 1.75 bits per heavy atom. The molecule has 2 fully saturated rings. The Morgan fingerprint density at radius 3 is 2.25 bits per heavy atom. The van der Waals surface area contributed by atoms with Gasteiger partial charge in [-0.1, -0.05) is 0 Å². The van der Waals surface area contributed by atoms with E-state index in [0.29, 0.717) is 42.8 Å². The summed E-state index contributed by atoms with van der Waals surface area (Å²) in [6, 6.07) is 0.555. The van der Waals surface area contributed by atoms with Crippen LogP contribution in [0.4, 0.5) is 0 Å². The van der Waals surface area contributed by atoms with Crippen molar-refractivity contribution >= 4 is 9.84 Å². The molecule has 1 aliphatic carbocycles. The smallest absolute Gasteiger partial charge is 0.152 e. The molecular formula is C11H21NO3S. The minimum absolute atomic E-state index is 0.299. The second kappa shape index (κ2) is 4.63. The Labute approximate surface area is 97.9 Å². The van der Waals surface area contributed by atoms with Gasteiger partial charge in [-0.15, -0.1) is 0 Å². The molecule has 1 aliphatic heterocycles. The normalized spacial score (nSPS) is 34.9. The summed E-state index contributed by atoms with van der Waals surface area (Å²) in [7, 11) is -2.74. The first-order valence-corrected chi connectivity index (χ1v) is 7.88. The quantitative estimate of drug-likeness (QED) is 0.735. The van der Waals surface area contributed by atoms with Gasteiger partial charge in [0.05, 0.1) is 23.7 Å². The maximum absolute atomic E-state index is 11.3. The maximum Gasteiger partial charge on any atom is 0.152 e. The van der Waals surface area contributed by atoms with Gasteiger partial charge in [0.1, 0.15) is 0 Å². The van der Waals surface area contributed by atoms with Crippen molar-refractivity contribution in [3.63, 3.8) is 0 Å². The van der Waals surface area contributed by atoms with E-state index in [1.165, 1.54) is 0 Å². The molecule has 0 unspecified atom stereocenters. The fraction of sp³-hybridized carbons (Fsp3) is 1.00. The van der Waals surface area contributed by atoms with Crippen LogP contribution in [0.3, 0.4) is 0 Å². The van der Waals surface area contributed by atoms with Crippen molar-refractivity contribution in [1.29, 1.82) is 0 Å². The first-order chi connectivity index (χ1) is 7.46. The third-order valence-electron chi connectivity index (χ3n) is 3.43. The highest BCUT2D eigenvalue weighted by atomic mass is 32.2. The molecule has 1 saturated carbocycles. The van der Waals surface area contributed by atoms with Gasteiger partial charge in [-0.3, -0.25) is 4.90 Å². The average Bonchev–Trinajstić information content (AvgIpc) is 2.11. The van der Waals surface area contributed by atoms with Crippen molar-refractivity contribution in [2.24, 2.45) is 0 Å². The first kappa shape index (κ1) is 12.3. The van der Waals surface area contributed by atoms with Gasteiger partial charge < -0.3 is 4.74 Å².